The van der Waals surface area contributed by atoms with Crippen molar-refractivity contribution in [1.29, 1.82) is 0 Å². The summed E-state index contributed by atoms with van der Waals surface area (Å²) in [6, 6.07) is 14.5. The molecule has 2 aromatic heterocycles. The van der Waals surface area contributed by atoms with Gasteiger partial charge in [-0.15, -0.1) is 0 Å². The summed E-state index contributed by atoms with van der Waals surface area (Å²) in [5.74, 6) is 0. The zero-order valence-corrected chi connectivity index (χ0v) is 11.0. The summed E-state index contributed by atoms with van der Waals surface area (Å²) >= 11 is 0. The first-order valence-corrected chi connectivity index (χ1v) is 6.59. The van der Waals surface area contributed by atoms with Crippen LogP contribution in [0.3, 0.4) is 0 Å². The third-order valence-electron chi connectivity index (χ3n) is 3.46. The fourth-order valence-corrected chi connectivity index (χ4v) is 2.37. The predicted octanol–water partition coefficient (Wildman–Crippen LogP) is 3.02. The first-order chi connectivity index (χ1) is 9.33. The molecule has 0 aliphatic rings. The molecular weight excluding hydrogens is 234 g/mol. The Labute approximate surface area is 112 Å². The molecule has 1 aromatic carbocycles. The van der Waals surface area contributed by atoms with Gasteiger partial charge in [0.25, 0.3) is 0 Å². The van der Waals surface area contributed by atoms with Crippen LogP contribution in [0.4, 0.5) is 0 Å². The normalized spacial score (nSPS) is 11.1. The molecule has 3 aromatic rings. The van der Waals surface area contributed by atoms with Gasteiger partial charge in [-0.2, -0.15) is 0 Å². The maximum atomic E-state index is 5.89. The summed E-state index contributed by atoms with van der Waals surface area (Å²) < 4.78 is 2.06. The van der Waals surface area contributed by atoms with Crippen LogP contribution in [0.15, 0.2) is 48.7 Å². The number of hydrogen-bond donors (Lipinski definition) is 1. The molecule has 96 valence electrons. The van der Waals surface area contributed by atoms with Gasteiger partial charge in [-0.05, 0) is 24.1 Å². The molecule has 0 saturated carbocycles. The molecule has 0 fully saturated rings. The Hall–Kier alpha value is -2.13. The maximum Gasteiger partial charge on any atom is 0.137 e. The van der Waals surface area contributed by atoms with Crippen molar-refractivity contribution < 1.29 is 0 Å². The van der Waals surface area contributed by atoms with Gasteiger partial charge in [-0.1, -0.05) is 37.3 Å². The van der Waals surface area contributed by atoms with Crippen molar-refractivity contribution in [2.75, 3.05) is 0 Å². The summed E-state index contributed by atoms with van der Waals surface area (Å²) in [5.41, 5.74) is 11.3. The standard InChI is InChI=1S/C16H17N3/c1-2-12-6-8-13(9-7-12)16-14(11-17)19-10-4-3-5-15(19)18-16/h3-10H,2,11,17H2,1H3. The van der Waals surface area contributed by atoms with Crippen molar-refractivity contribution in [3.8, 4) is 11.3 Å². The zero-order chi connectivity index (χ0) is 13.2. The van der Waals surface area contributed by atoms with Crippen LogP contribution in [0.5, 0.6) is 0 Å². The van der Waals surface area contributed by atoms with Gasteiger partial charge < -0.3 is 10.1 Å². The minimum Gasteiger partial charge on any atom is -0.325 e. The second-order valence-corrected chi connectivity index (χ2v) is 4.59. The fourth-order valence-electron chi connectivity index (χ4n) is 2.37. The van der Waals surface area contributed by atoms with Gasteiger partial charge in [0.05, 0.1) is 11.4 Å². The monoisotopic (exact) mass is 251 g/mol. The number of imidazole rings is 1. The Balaban J connectivity index is 2.17. The Morgan fingerprint density at radius 2 is 1.89 bits per heavy atom. The van der Waals surface area contributed by atoms with Crippen LogP contribution >= 0.6 is 0 Å². The molecule has 0 spiro atoms. The number of nitrogens with zero attached hydrogens (tertiary/aromatic N) is 2. The molecule has 3 heteroatoms. The second-order valence-electron chi connectivity index (χ2n) is 4.59. The average Bonchev–Trinajstić information content (AvgIpc) is 2.85. The van der Waals surface area contributed by atoms with Gasteiger partial charge in [0.1, 0.15) is 5.65 Å². The van der Waals surface area contributed by atoms with Crippen LogP contribution in [0, 0.1) is 0 Å². The van der Waals surface area contributed by atoms with Crippen molar-refractivity contribution in [3.63, 3.8) is 0 Å². The quantitative estimate of drug-likeness (QED) is 0.777. The number of rotatable bonds is 3. The van der Waals surface area contributed by atoms with Gasteiger partial charge in [0, 0.05) is 18.3 Å². The number of benzene rings is 1. The van der Waals surface area contributed by atoms with E-state index in [9.17, 15) is 0 Å². The van der Waals surface area contributed by atoms with Crippen molar-refractivity contribution in [2.45, 2.75) is 19.9 Å². The molecule has 0 radical (unpaired) electrons. The van der Waals surface area contributed by atoms with E-state index in [2.05, 4.69) is 35.6 Å². The van der Waals surface area contributed by atoms with Gasteiger partial charge in [0.15, 0.2) is 0 Å². The van der Waals surface area contributed by atoms with E-state index in [4.69, 9.17) is 10.7 Å². The number of aryl methyl sites for hydroxylation is 1. The van der Waals surface area contributed by atoms with Crippen LogP contribution in [0.2, 0.25) is 0 Å². The Morgan fingerprint density at radius 3 is 2.58 bits per heavy atom. The van der Waals surface area contributed by atoms with Crippen molar-refractivity contribution in [1.82, 2.24) is 9.38 Å². The summed E-state index contributed by atoms with van der Waals surface area (Å²) in [4.78, 5) is 4.69. The Kier molecular flexibility index (Phi) is 3.05. The van der Waals surface area contributed by atoms with E-state index in [0.717, 1.165) is 29.0 Å². The topological polar surface area (TPSA) is 43.3 Å². The maximum absolute atomic E-state index is 5.89. The molecule has 0 saturated heterocycles. The third kappa shape index (κ3) is 2.02. The first kappa shape index (κ1) is 11.9. The number of pyridine rings is 1. The predicted molar refractivity (Wildman–Crippen MR) is 77.9 cm³/mol. The highest BCUT2D eigenvalue weighted by atomic mass is 15.0. The molecule has 0 aliphatic carbocycles. The summed E-state index contributed by atoms with van der Waals surface area (Å²) in [7, 11) is 0. The Morgan fingerprint density at radius 1 is 1.11 bits per heavy atom. The summed E-state index contributed by atoms with van der Waals surface area (Å²) in [6.07, 6.45) is 3.06. The smallest absolute Gasteiger partial charge is 0.137 e. The van der Waals surface area contributed by atoms with Crippen LogP contribution < -0.4 is 5.73 Å². The van der Waals surface area contributed by atoms with Crippen LogP contribution in [0.1, 0.15) is 18.2 Å². The van der Waals surface area contributed by atoms with E-state index < -0.39 is 0 Å². The van der Waals surface area contributed by atoms with E-state index in [0.29, 0.717) is 6.54 Å². The highest BCUT2D eigenvalue weighted by molar-refractivity contribution is 5.66. The zero-order valence-electron chi connectivity index (χ0n) is 11.0. The number of fused-ring (bicyclic) bond motifs is 1. The van der Waals surface area contributed by atoms with Gasteiger partial charge in [-0.25, -0.2) is 4.98 Å². The van der Waals surface area contributed by atoms with E-state index in [1.807, 2.05) is 24.4 Å². The molecule has 3 nitrogen and oxygen atoms in total. The Bertz CT molecular complexity index is 696. The summed E-state index contributed by atoms with van der Waals surface area (Å²) in [5, 5.41) is 0. The van der Waals surface area contributed by atoms with E-state index in [1.165, 1.54) is 5.56 Å². The van der Waals surface area contributed by atoms with Crippen LogP contribution in [-0.2, 0) is 13.0 Å². The van der Waals surface area contributed by atoms with Crippen LogP contribution in [-0.4, -0.2) is 9.38 Å². The molecule has 19 heavy (non-hydrogen) atoms. The first-order valence-electron chi connectivity index (χ1n) is 6.59. The lowest BCUT2D eigenvalue weighted by Crippen LogP contribution is -2.02. The lowest BCUT2D eigenvalue weighted by molar-refractivity contribution is 0.962. The highest BCUT2D eigenvalue weighted by Gasteiger charge is 2.11. The van der Waals surface area contributed by atoms with E-state index in [1.54, 1.807) is 0 Å². The average molecular weight is 251 g/mol. The number of nitrogens with two attached hydrogens (primary N) is 1. The van der Waals surface area contributed by atoms with Gasteiger partial charge in [0.2, 0.25) is 0 Å². The molecular formula is C16H17N3. The van der Waals surface area contributed by atoms with Crippen molar-refractivity contribution >= 4 is 5.65 Å². The lowest BCUT2D eigenvalue weighted by Gasteiger charge is -2.03. The fraction of sp³-hybridized carbons (Fsp3) is 0.188. The lowest BCUT2D eigenvalue weighted by atomic mass is 10.1. The molecule has 0 unspecified atom stereocenters. The minimum atomic E-state index is 0.482. The van der Waals surface area contributed by atoms with Gasteiger partial charge in [-0.3, -0.25) is 0 Å². The molecule has 3 rings (SSSR count). The molecule has 0 bridgehead atoms. The minimum absolute atomic E-state index is 0.482. The third-order valence-corrected chi connectivity index (χ3v) is 3.46. The van der Waals surface area contributed by atoms with E-state index >= 15 is 0 Å². The van der Waals surface area contributed by atoms with Crippen LogP contribution in [0.25, 0.3) is 16.9 Å². The molecule has 2 N–H and O–H groups in total. The highest BCUT2D eigenvalue weighted by Crippen LogP contribution is 2.24. The molecule has 2 heterocycles. The van der Waals surface area contributed by atoms with Crippen molar-refractivity contribution in [2.24, 2.45) is 5.73 Å². The van der Waals surface area contributed by atoms with E-state index in [-0.39, 0.29) is 0 Å². The number of hydrogen-bond acceptors (Lipinski definition) is 2. The molecule has 0 amide bonds. The SMILES string of the molecule is CCc1ccc(-c2nc3ccccn3c2CN)cc1. The molecule has 0 aliphatic heterocycles. The van der Waals surface area contributed by atoms with Gasteiger partial charge >= 0.3 is 0 Å². The summed E-state index contributed by atoms with van der Waals surface area (Å²) in [6.45, 7) is 2.64. The largest absolute Gasteiger partial charge is 0.325 e. The molecule has 0 atom stereocenters. The second kappa shape index (κ2) is 4.86. The van der Waals surface area contributed by atoms with Crippen molar-refractivity contribution in [3.05, 3.63) is 59.9 Å². The number of aromatic nitrogens is 2.